The lowest BCUT2D eigenvalue weighted by Gasteiger charge is -2.41. The molecule has 0 saturated carbocycles. The summed E-state index contributed by atoms with van der Waals surface area (Å²) in [6.07, 6.45) is 6.58. The van der Waals surface area contributed by atoms with Crippen LogP contribution in [0.5, 0.6) is 0 Å². The molecule has 1 unspecified atom stereocenters. The summed E-state index contributed by atoms with van der Waals surface area (Å²) in [5.41, 5.74) is 5.36. The molecule has 3 aliphatic rings. The molecule has 1 N–H and O–H groups in total. The maximum absolute atomic E-state index is 13.4. The predicted octanol–water partition coefficient (Wildman–Crippen LogP) is 6.52. The lowest BCUT2D eigenvalue weighted by molar-refractivity contribution is -0.129. The number of anilines is 2. The third-order valence-electron chi connectivity index (χ3n) is 9.68. The van der Waals surface area contributed by atoms with E-state index in [0.717, 1.165) is 55.8 Å². The highest BCUT2D eigenvalue weighted by atomic mass is 16.2. The molecule has 2 aromatic carbocycles. The Morgan fingerprint density at radius 1 is 1.00 bits per heavy atom. The van der Waals surface area contributed by atoms with Gasteiger partial charge in [0.2, 0.25) is 5.91 Å². The second-order valence-corrected chi connectivity index (χ2v) is 13.0. The van der Waals surface area contributed by atoms with Crippen LogP contribution in [0.1, 0.15) is 87.6 Å². The number of nitrogens with one attached hydrogen (secondary N) is 1. The van der Waals surface area contributed by atoms with Gasteiger partial charge in [-0.1, -0.05) is 49.7 Å². The minimum atomic E-state index is -0.0915. The zero-order valence-corrected chi connectivity index (χ0v) is 26.1. The molecule has 43 heavy (non-hydrogen) atoms. The van der Waals surface area contributed by atoms with Gasteiger partial charge >= 0.3 is 6.03 Å². The first-order chi connectivity index (χ1) is 20.8. The zero-order chi connectivity index (χ0) is 30.1. The Kier molecular flexibility index (Phi) is 8.57. The Morgan fingerprint density at radius 2 is 1.70 bits per heavy atom. The summed E-state index contributed by atoms with van der Waals surface area (Å²) in [5, 5.41) is 3.10. The molecule has 8 heteroatoms. The molecule has 2 bridgehead atoms. The molecule has 2 fully saturated rings. The number of benzene rings is 2. The maximum Gasteiger partial charge on any atom is 0.326 e. The van der Waals surface area contributed by atoms with Crippen LogP contribution in [0.25, 0.3) is 0 Å². The molecular weight excluding hydrogens is 536 g/mol. The first kappa shape index (κ1) is 29.4. The van der Waals surface area contributed by atoms with E-state index in [0.29, 0.717) is 37.1 Å². The third kappa shape index (κ3) is 6.21. The Morgan fingerprint density at radius 3 is 2.35 bits per heavy atom. The molecule has 0 spiro atoms. The van der Waals surface area contributed by atoms with E-state index in [1.165, 1.54) is 29.9 Å². The van der Waals surface area contributed by atoms with Crippen LogP contribution in [0.4, 0.5) is 16.2 Å². The minimum absolute atomic E-state index is 0.0915. The second kappa shape index (κ2) is 12.5. The number of rotatable bonds is 8. The predicted molar refractivity (Wildman–Crippen MR) is 172 cm³/mol. The quantitative estimate of drug-likeness (QED) is 0.328. The van der Waals surface area contributed by atoms with Crippen molar-refractivity contribution < 1.29 is 9.59 Å². The van der Waals surface area contributed by atoms with Crippen LogP contribution < -0.4 is 10.2 Å². The number of carbonyl (C=O) groups excluding carboxylic acids is 2. The number of hydrogen-bond acceptors (Lipinski definition) is 4. The van der Waals surface area contributed by atoms with Gasteiger partial charge in [-0.2, -0.15) is 0 Å². The molecule has 8 nitrogen and oxygen atoms in total. The molecule has 3 amide bonds. The summed E-state index contributed by atoms with van der Waals surface area (Å²) in [5.74, 6) is 1.67. The van der Waals surface area contributed by atoms with E-state index in [9.17, 15) is 9.59 Å². The van der Waals surface area contributed by atoms with Crippen molar-refractivity contribution in [2.24, 2.45) is 0 Å². The van der Waals surface area contributed by atoms with Crippen LogP contribution in [0.15, 0.2) is 54.6 Å². The topological polar surface area (TPSA) is 73.7 Å². The summed E-state index contributed by atoms with van der Waals surface area (Å²) >= 11 is 0. The molecule has 4 heterocycles. The van der Waals surface area contributed by atoms with Crippen molar-refractivity contribution in [1.82, 2.24) is 19.4 Å². The number of aryl methyl sites for hydroxylation is 1. The van der Waals surface area contributed by atoms with Crippen LogP contribution in [0, 0.1) is 6.92 Å². The number of urea groups is 1. The van der Waals surface area contributed by atoms with Gasteiger partial charge < -0.3 is 14.8 Å². The van der Waals surface area contributed by atoms with Gasteiger partial charge in [-0.15, -0.1) is 0 Å². The molecule has 0 aliphatic carbocycles. The van der Waals surface area contributed by atoms with Crippen molar-refractivity contribution in [3.8, 4) is 0 Å². The van der Waals surface area contributed by atoms with E-state index < -0.39 is 0 Å². The van der Waals surface area contributed by atoms with Gasteiger partial charge in [0.25, 0.3) is 0 Å². The standard InChI is InChI=1S/C35H46N6O2/c1-24(2)34-37-32-23-38(26(4)42)20-17-33(32)41(34)31-21-29-15-16-30(22-31)39(29)18-8-19-40(28-9-6-5-7-10-28)35(43)36-27-13-11-25(3)12-14-27/h5-7,9-14,24,29-31H,8,15-23H2,1-4H3,(H,36,43)/t29-,30+,31?. The Balaban J connectivity index is 1.12. The summed E-state index contributed by atoms with van der Waals surface area (Å²) in [6, 6.07) is 19.4. The summed E-state index contributed by atoms with van der Waals surface area (Å²) in [4.78, 5) is 37.1. The summed E-state index contributed by atoms with van der Waals surface area (Å²) in [6.45, 7) is 11.3. The van der Waals surface area contributed by atoms with Crippen LogP contribution in [0.2, 0.25) is 0 Å². The molecule has 6 rings (SSSR count). The number of carbonyl (C=O) groups is 2. The summed E-state index contributed by atoms with van der Waals surface area (Å²) in [7, 11) is 0. The molecule has 3 atom stereocenters. The van der Waals surface area contributed by atoms with Gasteiger partial charge in [-0.05, 0) is 63.3 Å². The van der Waals surface area contributed by atoms with E-state index in [2.05, 4.69) is 28.6 Å². The highest BCUT2D eigenvalue weighted by Crippen LogP contribution is 2.43. The van der Waals surface area contributed by atoms with Gasteiger partial charge in [-0.3, -0.25) is 14.6 Å². The number of fused-ring (bicyclic) bond motifs is 3. The maximum atomic E-state index is 13.4. The average Bonchev–Trinajstić information content (AvgIpc) is 3.49. The molecule has 3 aliphatic heterocycles. The molecular formula is C35H46N6O2. The van der Waals surface area contributed by atoms with E-state index in [-0.39, 0.29) is 11.9 Å². The third-order valence-corrected chi connectivity index (χ3v) is 9.68. The smallest absolute Gasteiger partial charge is 0.326 e. The normalized spacial score (nSPS) is 21.6. The largest absolute Gasteiger partial charge is 0.337 e. The number of aromatic nitrogens is 2. The number of piperidine rings is 1. The molecule has 2 saturated heterocycles. The van der Waals surface area contributed by atoms with Gasteiger partial charge in [0.05, 0.1) is 12.2 Å². The van der Waals surface area contributed by atoms with Crippen molar-refractivity contribution in [2.75, 3.05) is 29.9 Å². The number of nitrogens with zero attached hydrogens (tertiary/aromatic N) is 5. The van der Waals surface area contributed by atoms with Gasteiger partial charge in [0.15, 0.2) is 0 Å². The number of hydrogen-bond donors (Lipinski definition) is 1. The second-order valence-electron chi connectivity index (χ2n) is 13.0. The van der Waals surface area contributed by atoms with Crippen molar-refractivity contribution in [3.05, 3.63) is 77.4 Å². The number of para-hydroxylation sites is 1. The zero-order valence-electron chi connectivity index (χ0n) is 26.1. The van der Waals surface area contributed by atoms with Crippen molar-refractivity contribution >= 4 is 23.3 Å². The number of imidazole rings is 1. The van der Waals surface area contributed by atoms with Crippen LogP contribution in [-0.2, 0) is 17.8 Å². The lowest BCUT2D eigenvalue weighted by atomic mass is 9.95. The van der Waals surface area contributed by atoms with Crippen LogP contribution >= 0.6 is 0 Å². The average molecular weight is 583 g/mol. The highest BCUT2D eigenvalue weighted by molar-refractivity contribution is 6.01. The van der Waals surface area contributed by atoms with E-state index >= 15 is 0 Å². The van der Waals surface area contributed by atoms with Crippen LogP contribution in [0.3, 0.4) is 0 Å². The first-order valence-electron chi connectivity index (χ1n) is 16.1. The van der Waals surface area contributed by atoms with E-state index in [4.69, 9.17) is 4.98 Å². The SMILES string of the molecule is CC(=O)N1CCc2c(nc(C(C)C)n2C2C[C@H]3CC[C@@H](C2)N3CCCN(C(=O)Nc2ccc(C)cc2)c2ccccc2)C1. The van der Waals surface area contributed by atoms with Crippen molar-refractivity contribution in [2.45, 2.75) is 96.8 Å². The Bertz CT molecular complexity index is 1420. The minimum Gasteiger partial charge on any atom is -0.337 e. The van der Waals surface area contributed by atoms with Crippen molar-refractivity contribution in [3.63, 3.8) is 0 Å². The van der Waals surface area contributed by atoms with E-state index in [1.54, 1.807) is 6.92 Å². The van der Waals surface area contributed by atoms with Gasteiger partial charge in [-0.25, -0.2) is 9.78 Å². The van der Waals surface area contributed by atoms with Crippen LogP contribution in [-0.4, -0.2) is 63.0 Å². The highest BCUT2D eigenvalue weighted by Gasteiger charge is 2.42. The van der Waals surface area contributed by atoms with Crippen molar-refractivity contribution in [1.29, 1.82) is 0 Å². The molecule has 1 aromatic heterocycles. The monoisotopic (exact) mass is 582 g/mol. The van der Waals surface area contributed by atoms with E-state index in [1.807, 2.05) is 71.3 Å². The van der Waals surface area contributed by atoms with Gasteiger partial charge in [0, 0.05) is 74.1 Å². The molecule has 228 valence electrons. The lowest BCUT2D eigenvalue weighted by Crippen LogP contribution is -2.45. The Hall–Kier alpha value is -3.65. The molecule has 0 radical (unpaired) electrons. The fraction of sp³-hybridized carbons (Fsp3) is 0.514. The summed E-state index contributed by atoms with van der Waals surface area (Å²) < 4.78 is 2.59. The fourth-order valence-electron chi connectivity index (χ4n) is 7.53. The number of amides is 3. The van der Waals surface area contributed by atoms with Gasteiger partial charge in [0.1, 0.15) is 5.82 Å². The fourth-order valence-corrected chi connectivity index (χ4v) is 7.53. The molecule has 3 aromatic rings. The first-order valence-corrected chi connectivity index (χ1v) is 16.1. The Labute approximate surface area is 256 Å².